The van der Waals surface area contributed by atoms with Crippen LogP contribution >= 0.6 is 11.6 Å². The lowest BCUT2D eigenvalue weighted by Gasteiger charge is -2.21. The SMILES string of the molecule is C[C@@H](O)CNc1cccc(-c2cc(CC(=O)[C@@H]3CCCNC3)ncc2Cl)n1. The predicted octanol–water partition coefficient (Wildman–Crippen LogP) is 2.70. The molecule has 0 spiro atoms. The maximum absolute atomic E-state index is 12.5. The standard InChI is InChI=1S/C20H25ClN4O2/c1-13(26)10-24-20-6-2-5-18(25-20)16-8-15(23-12-17(16)21)9-19(27)14-4-3-7-22-11-14/h2,5-6,8,12-14,22,26H,3-4,7,9-11H2,1H3,(H,24,25)/t13-,14-/m1/s1. The Bertz CT molecular complexity index is 791. The first-order valence-corrected chi connectivity index (χ1v) is 9.68. The number of rotatable bonds is 7. The van der Waals surface area contributed by atoms with Crippen LogP contribution in [0.3, 0.4) is 0 Å². The molecule has 27 heavy (non-hydrogen) atoms. The van der Waals surface area contributed by atoms with Crippen LogP contribution in [-0.2, 0) is 11.2 Å². The highest BCUT2D eigenvalue weighted by molar-refractivity contribution is 6.33. The number of ketones is 1. The average Bonchev–Trinajstić information content (AvgIpc) is 2.68. The zero-order valence-electron chi connectivity index (χ0n) is 15.4. The van der Waals surface area contributed by atoms with Crippen molar-refractivity contribution in [2.24, 2.45) is 5.92 Å². The Balaban J connectivity index is 1.77. The Kier molecular flexibility index (Phi) is 6.77. The number of carbonyl (C=O) groups is 1. The molecule has 0 radical (unpaired) electrons. The van der Waals surface area contributed by atoms with Crippen molar-refractivity contribution in [3.8, 4) is 11.3 Å². The van der Waals surface area contributed by atoms with Crippen molar-refractivity contribution in [3.05, 3.63) is 41.2 Å². The molecule has 0 amide bonds. The normalized spacial score (nSPS) is 18.1. The van der Waals surface area contributed by atoms with Crippen LogP contribution < -0.4 is 10.6 Å². The van der Waals surface area contributed by atoms with Crippen LogP contribution in [0.2, 0.25) is 5.02 Å². The highest BCUT2D eigenvalue weighted by Gasteiger charge is 2.21. The highest BCUT2D eigenvalue weighted by atomic mass is 35.5. The molecule has 0 aliphatic carbocycles. The van der Waals surface area contributed by atoms with E-state index in [4.69, 9.17) is 11.6 Å². The molecule has 144 valence electrons. The molecule has 1 saturated heterocycles. The van der Waals surface area contributed by atoms with E-state index < -0.39 is 6.10 Å². The van der Waals surface area contributed by atoms with Gasteiger partial charge in [-0.25, -0.2) is 4.98 Å². The quantitative estimate of drug-likeness (QED) is 0.676. The Labute approximate surface area is 164 Å². The van der Waals surface area contributed by atoms with Crippen molar-refractivity contribution < 1.29 is 9.90 Å². The number of anilines is 1. The zero-order valence-corrected chi connectivity index (χ0v) is 16.2. The fourth-order valence-corrected chi connectivity index (χ4v) is 3.36. The van der Waals surface area contributed by atoms with E-state index in [1.807, 2.05) is 24.3 Å². The first-order chi connectivity index (χ1) is 13.0. The van der Waals surface area contributed by atoms with Gasteiger partial charge in [-0.1, -0.05) is 17.7 Å². The minimum atomic E-state index is -0.466. The molecule has 2 atom stereocenters. The van der Waals surface area contributed by atoms with E-state index >= 15 is 0 Å². The van der Waals surface area contributed by atoms with E-state index in [1.165, 1.54) is 0 Å². The summed E-state index contributed by atoms with van der Waals surface area (Å²) in [5, 5.41) is 16.3. The van der Waals surface area contributed by atoms with Crippen molar-refractivity contribution >= 4 is 23.2 Å². The summed E-state index contributed by atoms with van der Waals surface area (Å²) < 4.78 is 0. The van der Waals surface area contributed by atoms with Crippen LogP contribution in [0.15, 0.2) is 30.5 Å². The number of aromatic nitrogens is 2. The number of halogens is 1. The maximum Gasteiger partial charge on any atom is 0.143 e. The van der Waals surface area contributed by atoms with Gasteiger partial charge in [-0.15, -0.1) is 0 Å². The fraction of sp³-hybridized carbons (Fsp3) is 0.450. The largest absolute Gasteiger partial charge is 0.392 e. The number of aliphatic hydroxyl groups excluding tert-OH is 1. The van der Waals surface area contributed by atoms with E-state index in [1.54, 1.807) is 13.1 Å². The average molecular weight is 389 g/mol. The van der Waals surface area contributed by atoms with Crippen LogP contribution in [0.4, 0.5) is 5.82 Å². The van der Waals surface area contributed by atoms with Gasteiger partial charge in [0.05, 0.1) is 16.8 Å². The molecular formula is C20H25ClN4O2. The second-order valence-electron chi connectivity index (χ2n) is 6.98. The van der Waals surface area contributed by atoms with Gasteiger partial charge in [-0.05, 0) is 44.5 Å². The molecule has 3 rings (SSSR count). The molecule has 1 aliphatic heterocycles. The first-order valence-electron chi connectivity index (χ1n) is 9.30. The van der Waals surface area contributed by atoms with E-state index in [2.05, 4.69) is 20.6 Å². The van der Waals surface area contributed by atoms with E-state index in [9.17, 15) is 9.90 Å². The summed E-state index contributed by atoms with van der Waals surface area (Å²) in [6.45, 7) is 3.85. The third kappa shape index (κ3) is 5.48. The van der Waals surface area contributed by atoms with Crippen molar-refractivity contribution in [1.29, 1.82) is 0 Å². The number of nitrogens with zero attached hydrogens (tertiary/aromatic N) is 2. The van der Waals surface area contributed by atoms with Crippen LogP contribution in [0.5, 0.6) is 0 Å². The van der Waals surface area contributed by atoms with Gasteiger partial charge < -0.3 is 15.7 Å². The minimum absolute atomic E-state index is 0.0609. The lowest BCUT2D eigenvalue weighted by Crippen LogP contribution is -2.35. The Morgan fingerprint density at radius 3 is 3.07 bits per heavy atom. The third-order valence-electron chi connectivity index (χ3n) is 4.62. The summed E-state index contributed by atoms with van der Waals surface area (Å²) in [6.07, 6.45) is 3.38. The number of hydrogen-bond acceptors (Lipinski definition) is 6. The molecule has 0 bridgehead atoms. The van der Waals surface area contributed by atoms with Crippen LogP contribution in [0, 0.1) is 5.92 Å². The molecule has 3 N–H and O–H groups in total. The zero-order chi connectivity index (χ0) is 19.2. The fourth-order valence-electron chi connectivity index (χ4n) is 3.16. The summed E-state index contributed by atoms with van der Waals surface area (Å²) in [5.41, 5.74) is 2.15. The van der Waals surface area contributed by atoms with Gasteiger partial charge in [0.15, 0.2) is 0 Å². The van der Waals surface area contributed by atoms with Crippen molar-refractivity contribution in [1.82, 2.24) is 15.3 Å². The molecule has 2 aromatic rings. The maximum atomic E-state index is 12.5. The molecule has 3 heterocycles. The van der Waals surface area contributed by atoms with E-state index in [-0.39, 0.29) is 11.7 Å². The third-order valence-corrected chi connectivity index (χ3v) is 4.92. The minimum Gasteiger partial charge on any atom is -0.392 e. The predicted molar refractivity (Wildman–Crippen MR) is 107 cm³/mol. The summed E-state index contributed by atoms with van der Waals surface area (Å²) in [4.78, 5) is 21.4. The molecule has 1 fully saturated rings. The number of piperidine rings is 1. The van der Waals surface area contributed by atoms with Crippen LogP contribution in [-0.4, -0.2) is 46.6 Å². The number of nitrogens with one attached hydrogen (secondary N) is 2. The van der Waals surface area contributed by atoms with Gasteiger partial charge in [0, 0.05) is 42.9 Å². The van der Waals surface area contributed by atoms with Gasteiger partial charge in [0.1, 0.15) is 11.6 Å². The molecule has 0 aromatic carbocycles. The van der Waals surface area contributed by atoms with E-state index in [0.717, 1.165) is 31.5 Å². The van der Waals surface area contributed by atoms with Gasteiger partial charge in [0.25, 0.3) is 0 Å². The topological polar surface area (TPSA) is 87.1 Å². The monoisotopic (exact) mass is 388 g/mol. The molecule has 2 aromatic heterocycles. The lowest BCUT2D eigenvalue weighted by molar-refractivity contribution is -0.122. The Morgan fingerprint density at radius 2 is 2.33 bits per heavy atom. The summed E-state index contributed by atoms with van der Waals surface area (Å²) in [7, 11) is 0. The van der Waals surface area contributed by atoms with Crippen molar-refractivity contribution in [2.45, 2.75) is 32.3 Å². The molecule has 1 aliphatic rings. The second-order valence-corrected chi connectivity index (χ2v) is 7.39. The molecule has 0 unspecified atom stereocenters. The van der Waals surface area contributed by atoms with Gasteiger partial charge >= 0.3 is 0 Å². The van der Waals surface area contributed by atoms with Crippen molar-refractivity contribution in [2.75, 3.05) is 25.0 Å². The number of Topliss-reactive ketones (excluding diaryl/α,β-unsaturated/α-hetero) is 1. The Morgan fingerprint density at radius 1 is 1.48 bits per heavy atom. The molecular weight excluding hydrogens is 364 g/mol. The lowest BCUT2D eigenvalue weighted by atomic mass is 9.92. The molecule has 6 nitrogen and oxygen atoms in total. The van der Waals surface area contributed by atoms with Gasteiger partial charge in [0.2, 0.25) is 0 Å². The van der Waals surface area contributed by atoms with Crippen LogP contribution in [0.1, 0.15) is 25.5 Å². The smallest absolute Gasteiger partial charge is 0.143 e. The van der Waals surface area contributed by atoms with E-state index in [0.29, 0.717) is 35.2 Å². The number of pyridine rings is 2. The molecule has 0 saturated carbocycles. The second kappa shape index (κ2) is 9.26. The number of aliphatic hydroxyl groups is 1. The first kappa shape index (κ1) is 19.7. The van der Waals surface area contributed by atoms with Crippen molar-refractivity contribution in [3.63, 3.8) is 0 Å². The number of carbonyl (C=O) groups excluding carboxylic acids is 1. The van der Waals surface area contributed by atoms with Crippen LogP contribution in [0.25, 0.3) is 11.3 Å². The van der Waals surface area contributed by atoms with Gasteiger partial charge in [-0.3, -0.25) is 9.78 Å². The van der Waals surface area contributed by atoms with Gasteiger partial charge in [-0.2, -0.15) is 0 Å². The number of hydrogen-bond donors (Lipinski definition) is 3. The highest BCUT2D eigenvalue weighted by Crippen LogP contribution is 2.28. The summed E-state index contributed by atoms with van der Waals surface area (Å²) in [5.74, 6) is 0.932. The summed E-state index contributed by atoms with van der Waals surface area (Å²) >= 11 is 6.34. The summed E-state index contributed by atoms with van der Waals surface area (Å²) in [6, 6.07) is 7.42. The molecule has 7 heteroatoms. The Hall–Kier alpha value is -2.02.